The fraction of sp³-hybridized carbons (Fsp3) is 0.429. The predicted octanol–water partition coefficient (Wildman–Crippen LogP) is 2.45. The lowest BCUT2D eigenvalue weighted by Crippen LogP contribution is -2.47. The molecule has 0 bridgehead atoms. The summed E-state index contributed by atoms with van der Waals surface area (Å²) in [7, 11) is -6.18. The van der Waals surface area contributed by atoms with Crippen molar-refractivity contribution in [1.82, 2.24) is 4.90 Å². The van der Waals surface area contributed by atoms with Crippen LogP contribution in [0.15, 0.2) is 60.7 Å². The maximum Gasteiger partial charge on any atom is 0.151 e. The Morgan fingerprint density at radius 3 is 1.39 bits per heavy atom. The highest BCUT2D eigenvalue weighted by Gasteiger charge is 2.43. The van der Waals surface area contributed by atoms with E-state index in [1.807, 2.05) is 60.7 Å². The van der Waals surface area contributed by atoms with Crippen molar-refractivity contribution in [3.63, 3.8) is 0 Å². The van der Waals surface area contributed by atoms with Gasteiger partial charge in [-0.05, 0) is 24.0 Å². The summed E-state index contributed by atoms with van der Waals surface area (Å²) >= 11 is 0. The minimum atomic E-state index is -3.09. The zero-order valence-corrected chi connectivity index (χ0v) is 17.3. The smallest absolute Gasteiger partial charge is 0.151 e. The van der Waals surface area contributed by atoms with Crippen LogP contribution in [0.5, 0.6) is 0 Å². The Morgan fingerprint density at radius 1 is 0.679 bits per heavy atom. The van der Waals surface area contributed by atoms with Crippen LogP contribution in [0.1, 0.15) is 30.0 Å². The van der Waals surface area contributed by atoms with E-state index in [0.717, 1.165) is 11.1 Å². The first kappa shape index (κ1) is 19.6. The Morgan fingerprint density at radius 2 is 1.07 bits per heavy atom. The number of hydrogen-bond donors (Lipinski definition) is 0. The van der Waals surface area contributed by atoms with E-state index < -0.39 is 19.7 Å². The predicted molar refractivity (Wildman–Crippen MR) is 111 cm³/mol. The van der Waals surface area contributed by atoms with Crippen LogP contribution < -0.4 is 0 Å². The quantitative estimate of drug-likeness (QED) is 0.744. The molecular formula is C21H25NO4S2. The van der Waals surface area contributed by atoms with E-state index in [1.54, 1.807) is 0 Å². The van der Waals surface area contributed by atoms with Gasteiger partial charge in [-0.15, -0.1) is 0 Å². The molecule has 0 aromatic heterocycles. The average molecular weight is 420 g/mol. The van der Waals surface area contributed by atoms with Crippen LogP contribution in [0.3, 0.4) is 0 Å². The first-order valence-electron chi connectivity index (χ1n) is 9.63. The first-order chi connectivity index (χ1) is 13.3. The zero-order chi connectivity index (χ0) is 19.8. The van der Waals surface area contributed by atoms with E-state index in [0.29, 0.717) is 12.8 Å². The molecule has 2 aromatic rings. The molecule has 2 heterocycles. The van der Waals surface area contributed by atoms with E-state index in [9.17, 15) is 16.8 Å². The highest BCUT2D eigenvalue weighted by Crippen LogP contribution is 2.37. The van der Waals surface area contributed by atoms with Crippen LogP contribution in [0, 0.1) is 0 Å². The number of hydrogen-bond acceptors (Lipinski definition) is 5. The van der Waals surface area contributed by atoms with Gasteiger partial charge in [0.1, 0.15) is 0 Å². The molecule has 2 saturated heterocycles. The normalized spacial score (nSPS) is 26.1. The molecule has 2 aliphatic heterocycles. The third-order valence-electron chi connectivity index (χ3n) is 5.79. The molecule has 0 spiro atoms. The Kier molecular flexibility index (Phi) is 5.33. The summed E-state index contributed by atoms with van der Waals surface area (Å²) in [5, 5.41) is 0. The molecule has 4 rings (SSSR count). The summed E-state index contributed by atoms with van der Waals surface area (Å²) < 4.78 is 49.0. The van der Waals surface area contributed by atoms with Crippen molar-refractivity contribution in [1.29, 1.82) is 0 Å². The molecule has 2 fully saturated rings. The average Bonchev–Trinajstić information content (AvgIpc) is 3.22. The van der Waals surface area contributed by atoms with Gasteiger partial charge in [0, 0.05) is 12.1 Å². The van der Waals surface area contributed by atoms with Gasteiger partial charge in [0.25, 0.3) is 0 Å². The highest BCUT2D eigenvalue weighted by molar-refractivity contribution is 7.92. The molecule has 0 N–H and O–H groups in total. The minimum absolute atomic E-state index is 0.0969. The minimum Gasteiger partial charge on any atom is -0.284 e. The van der Waals surface area contributed by atoms with Gasteiger partial charge in [-0.2, -0.15) is 0 Å². The van der Waals surface area contributed by atoms with Gasteiger partial charge >= 0.3 is 0 Å². The van der Waals surface area contributed by atoms with Gasteiger partial charge in [-0.1, -0.05) is 60.7 Å². The Bertz CT molecular complexity index is 937. The second-order valence-electron chi connectivity index (χ2n) is 7.78. The van der Waals surface area contributed by atoms with Crippen molar-refractivity contribution < 1.29 is 16.8 Å². The molecule has 28 heavy (non-hydrogen) atoms. The Hall–Kier alpha value is -1.70. The van der Waals surface area contributed by atoms with Crippen molar-refractivity contribution in [2.45, 2.75) is 31.0 Å². The van der Waals surface area contributed by atoms with E-state index in [4.69, 9.17) is 0 Å². The molecular weight excluding hydrogens is 394 g/mol. The van der Waals surface area contributed by atoms with E-state index in [-0.39, 0.29) is 41.1 Å². The van der Waals surface area contributed by atoms with Crippen molar-refractivity contribution in [3.8, 4) is 0 Å². The molecule has 0 unspecified atom stereocenters. The molecule has 7 heteroatoms. The Balaban J connectivity index is 1.81. The van der Waals surface area contributed by atoms with Crippen LogP contribution >= 0.6 is 0 Å². The summed E-state index contributed by atoms with van der Waals surface area (Å²) in [4.78, 5) is 2.19. The largest absolute Gasteiger partial charge is 0.284 e. The van der Waals surface area contributed by atoms with Crippen molar-refractivity contribution in [2.24, 2.45) is 0 Å². The second kappa shape index (κ2) is 7.61. The third kappa shape index (κ3) is 4.16. The molecule has 2 aromatic carbocycles. The molecule has 0 radical (unpaired) electrons. The summed E-state index contributed by atoms with van der Waals surface area (Å²) in [5.41, 5.74) is 2.12. The Labute approximate surface area is 167 Å². The van der Waals surface area contributed by atoms with Crippen molar-refractivity contribution in [2.75, 3.05) is 23.0 Å². The van der Waals surface area contributed by atoms with Crippen molar-refractivity contribution in [3.05, 3.63) is 71.8 Å². The fourth-order valence-electron chi connectivity index (χ4n) is 4.55. The van der Waals surface area contributed by atoms with Crippen LogP contribution in [-0.4, -0.2) is 56.8 Å². The zero-order valence-electron chi connectivity index (χ0n) is 15.6. The third-order valence-corrected chi connectivity index (χ3v) is 9.29. The molecule has 2 atom stereocenters. The molecule has 150 valence electrons. The maximum atomic E-state index is 12.2. The second-order valence-corrected chi connectivity index (χ2v) is 12.2. The lowest BCUT2D eigenvalue weighted by Gasteiger charge is -2.40. The number of rotatable bonds is 5. The summed E-state index contributed by atoms with van der Waals surface area (Å²) in [6, 6.07) is 19.4. The number of sulfone groups is 2. The molecule has 0 aliphatic carbocycles. The van der Waals surface area contributed by atoms with Crippen molar-refractivity contribution >= 4 is 19.7 Å². The number of nitrogens with zero attached hydrogens (tertiary/aromatic N) is 1. The summed E-state index contributed by atoms with van der Waals surface area (Å²) in [6.45, 7) is 0. The van der Waals surface area contributed by atoms with E-state index in [2.05, 4.69) is 4.90 Å². The lowest BCUT2D eigenvalue weighted by molar-refractivity contribution is 0.121. The van der Waals surface area contributed by atoms with Gasteiger partial charge in [0.05, 0.1) is 29.1 Å². The van der Waals surface area contributed by atoms with Crippen LogP contribution in [0.4, 0.5) is 0 Å². The van der Waals surface area contributed by atoms with Gasteiger partial charge in [0.2, 0.25) is 0 Å². The summed E-state index contributed by atoms with van der Waals surface area (Å²) in [5.74, 6) is 0.535. The van der Waals surface area contributed by atoms with Crippen LogP contribution in [-0.2, 0) is 19.7 Å². The lowest BCUT2D eigenvalue weighted by atomic mass is 9.93. The van der Waals surface area contributed by atoms with Crippen LogP contribution in [0.2, 0.25) is 0 Å². The number of benzene rings is 2. The SMILES string of the molecule is O=S1(=O)CC[C@H](N(C(c2ccccc2)c2ccccc2)[C@H]2CCS(=O)(=O)C2)C1. The standard InChI is InChI=1S/C21H25NO4S2/c23-27(24)13-11-19(15-27)22(20-12-14-28(25,26)16-20)21(17-7-3-1-4-8-17)18-9-5-2-6-10-18/h1-10,19-21H,11-16H2/t19-,20-/m0/s1. The molecule has 5 nitrogen and oxygen atoms in total. The highest BCUT2D eigenvalue weighted by atomic mass is 32.2. The molecule has 2 aliphatic rings. The molecule has 0 amide bonds. The van der Waals surface area contributed by atoms with Gasteiger partial charge in [-0.3, -0.25) is 4.90 Å². The topological polar surface area (TPSA) is 71.5 Å². The van der Waals surface area contributed by atoms with Gasteiger partial charge < -0.3 is 0 Å². The fourth-order valence-corrected chi connectivity index (χ4v) is 7.99. The monoisotopic (exact) mass is 419 g/mol. The van der Waals surface area contributed by atoms with Gasteiger partial charge in [-0.25, -0.2) is 16.8 Å². The summed E-state index contributed by atoms with van der Waals surface area (Å²) in [6.07, 6.45) is 1.10. The molecule has 0 saturated carbocycles. The van der Waals surface area contributed by atoms with E-state index >= 15 is 0 Å². The van der Waals surface area contributed by atoms with E-state index in [1.165, 1.54) is 0 Å². The van der Waals surface area contributed by atoms with Crippen LogP contribution in [0.25, 0.3) is 0 Å². The first-order valence-corrected chi connectivity index (χ1v) is 13.3. The maximum absolute atomic E-state index is 12.2. The van der Waals surface area contributed by atoms with Gasteiger partial charge in [0.15, 0.2) is 19.7 Å².